The molecule has 19 heavy (non-hydrogen) atoms. The fourth-order valence-electron chi connectivity index (χ4n) is 2.18. The topological polar surface area (TPSA) is 113 Å². The zero-order chi connectivity index (χ0) is 13.6. The van der Waals surface area contributed by atoms with E-state index in [-0.39, 0.29) is 6.54 Å². The lowest BCUT2D eigenvalue weighted by atomic mass is 10.2. The van der Waals surface area contributed by atoms with Crippen LogP contribution in [-0.4, -0.2) is 25.4 Å². The van der Waals surface area contributed by atoms with Crippen LogP contribution >= 0.6 is 0 Å². The summed E-state index contributed by atoms with van der Waals surface area (Å²) < 4.78 is 1.71. The lowest BCUT2D eigenvalue weighted by Crippen LogP contribution is -2.19. The molecule has 0 aliphatic carbocycles. The molecule has 7 heteroatoms. The van der Waals surface area contributed by atoms with Crippen LogP contribution < -0.4 is 11.5 Å². The summed E-state index contributed by atoms with van der Waals surface area (Å²) in [5.74, 6) is 0.532. The highest BCUT2D eigenvalue weighted by Gasteiger charge is 2.16. The van der Waals surface area contributed by atoms with Gasteiger partial charge in [-0.2, -0.15) is 0 Å². The van der Waals surface area contributed by atoms with Gasteiger partial charge in [0.1, 0.15) is 28.9 Å². The van der Waals surface area contributed by atoms with Crippen molar-refractivity contribution < 1.29 is 4.79 Å². The Bertz CT molecular complexity index is 807. The third-order valence-electron chi connectivity index (χ3n) is 2.97. The molecule has 0 saturated carbocycles. The summed E-state index contributed by atoms with van der Waals surface area (Å²) in [6.45, 7) is 1.83. The number of aryl methyl sites for hydroxylation is 1. The molecule has 96 valence electrons. The largest absolute Gasteiger partial charge is 0.382 e. The molecule has 0 aromatic carbocycles. The quantitative estimate of drug-likeness (QED) is 0.687. The minimum Gasteiger partial charge on any atom is -0.382 e. The number of carbonyl (C=O) groups excluding carboxylic acids is 1. The second-order valence-corrected chi connectivity index (χ2v) is 4.28. The van der Waals surface area contributed by atoms with Gasteiger partial charge < -0.3 is 16.0 Å². The maximum absolute atomic E-state index is 11.2. The number of anilines is 1. The summed E-state index contributed by atoms with van der Waals surface area (Å²) in [5, 5.41) is 0. The molecule has 0 saturated heterocycles. The van der Waals surface area contributed by atoms with Crippen LogP contribution in [0, 0.1) is 6.92 Å². The van der Waals surface area contributed by atoms with Gasteiger partial charge >= 0.3 is 0 Å². The first-order valence-electron chi connectivity index (χ1n) is 5.73. The molecule has 1 amide bonds. The number of nitrogens with zero attached hydrogens (tertiary/aromatic N) is 4. The minimum absolute atomic E-state index is 0.0391. The molecule has 0 aliphatic heterocycles. The third kappa shape index (κ3) is 1.67. The van der Waals surface area contributed by atoms with Crippen molar-refractivity contribution in [2.45, 2.75) is 13.5 Å². The molecule has 3 rings (SSSR count). The molecular weight excluding hydrogens is 244 g/mol. The predicted molar refractivity (Wildman–Crippen MR) is 71.2 cm³/mol. The van der Waals surface area contributed by atoms with Crippen LogP contribution in [0.15, 0.2) is 18.3 Å². The Labute approximate surface area is 108 Å². The SMILES string of the molecule is Cc1nc2c(N)nc3cccnc3c2n1CC(N)=O. The normalized spacial score (nSPS) is 11.2. The molecule has 7 nitrogen and oxygen atoms in total. The lowest BCUT2D eigenvalue weighted by Gasteiger charge is -2.06. The zero-order valence-electron chi connectivity index (χ0n) is 10.3. The number of fused-ring (bicyclic) bond motifs is 3. The van der Waals surface area contributed by atoms with E-state index in [9.17, 15) is 4.79 Å². The highest BCUT2D eigenvalue weighted by molar-refractivity contribution is 6.04. The van der Waals surface area contributed by atoms with Crippen molar-refractivity contribution in [1.82, 2.24) is 19.5 Å². The molecule has 3 aromatic heterocycles. The van der Waals surface area contributed by atoms with E-state index in [2.05, 4.69) is 15.0 Å². The Morgan fingerprint density at radius 2 is 2.16 bits per heavy atom. The van der Waals surface area contributed by atoms with Gasteiger partial charge in [-0.25, -0.2) is 9.97 Å². The van der Waals surface area contributed by atoms with Crippen molar-refractivity contribution in [1.29, 1.82) is 0 Å². The molecule has 3 heterocycles. The number of rotatable bonds is 2. The van der Waals surface area contributed by atoms with E-state index < -0.39 is 5.91 Å². The molecule has 3 aromatic rings. The number of nitrogen functional groups attached to an aromatic ring is 1. The summed E-state index contributed by atoms with van der Waals surface area (Å²) >= 11 is 0. The van der Waals surface area contributed by atoms with Gasteiger partial charge in [0.15, 0.2) is 5.82 Å². The highest BCUT2D eigenvalue weighted by atomic mass is 16.1. The van der Waals surface area contributed by atoms with Crippen LogP contribution in [0.5, 0.6) is 0 Å². The summed E-state index contributed by atoms with van der Waals surface area (Å²) in [7, 11) is 0. The highest BCUT2D eigenvalue weighted by Crippen LogP contribution is 2.26. The monoisotopic (exact) mass is 256 g/mol. The Kier molecular flexibility index (Phi) is 2.34. The Morgan fingerprint density at radius 3 is 2.89 bits per heavy atom. The van der Waals surface area contributed by atoms with Gasteiger partial charge in [-0.05, 0) is 19.1 Å². The van der Waals surface area contributed by atoms with Crippen molar-refractivity contribution in [3.8, 4) is 0 Å². The second kappa shape index (κ2) is 3.91. The predicted octanol–water partition coefficient (Wildman–Crippen LogP) is 0.355. The van der Waals surface area contributed by atoms with E-state index in [1.165, 1.54) is 0 Å². The van der Waals surface area contributed by atoms with Gasteiger partial charge in [0.25, 0.3) is 0 Å². The van der Waals surface area contributed by atoms with E-state index >= 15 is 0 Å². The fourth-order valence-corrected chi connectivity index (χ4v) is 2.18. The molecule has 0 unspecified atom stereocenters. The summed E-state index contributed by atoms with van der Waals surface area (Å²) in [6, 6.07) is 3.59. The second-order valence-electron chi connectivity index (χ2n) is 4.28. The zero-order valence-corrected chi connectivity index (χ0v) is 10.3. The van der Waals surface area contributed by atoms with Gasteiger partial charge in [0.2, 0.25) is 5.91 Å². The molecule has 0 bridgehead atoms. The maximum Gasteiger partial charge on any atom is 0.237 e. The number of nitrogens with two attached hydrogens (primary N) is 2. The van der Waals surface area contributed by atoms with Gasteiger partial charge in [-0.15, -0.1) is 0 Å². The smallest absolute Gasteiger partial charge is 0.237 e. The van der Waals surface area contributed by atoms with E-state index in [1.54, 1.807) is 23.8 Å². The first-order valence-corrected chi connectivity index (χ1v) is 5.73. The number of aromatic nitrogens is 4. The van der Waals surface area contributed by atoms with Crippen LogP contribution in [0.4, 0.5) is 5.82 Å². The van der Waals surface area contributed by atoms with Gasteiger partial charge in [-0.1, -0.05) is 0 Å². The number of imidazole rings is 1. The van der Waals surface area contributed by atoms with Gasteiger partial charge in [-0.3, -0.25) is 9.78 Å². The van der Waals surface area contributed by atoms with E-state index in [0.29, 0.717) is 33.7 Å². The first-order chi connectivity index (χ1) is 9.08. The molecule has 0 atom stereocenters. The molecule has 0 fully saturated rings. The molecule has 0 aliphatic rings. The Balaban J connectivity index is 2.49. The summed E-state index contributed by atoms with van der Waals surface area (Å²) in [5.41, 5.74) is 13.7. The number of pyridine rings is 2. The van der Waals surface area contributed by atoms with Gasteiger partial charge in [0.05, 0.1) is 5.52 Å². The molecule has 4 N–H and O–H groups in total. The first kappa shape index (κ1) is 11.4. The molecule has 0 spiro atoms. The van der Waals surface area contributed by atoms with Crippen LogP contribution in [0.1, 0.15) is 5.82 Å². The Morgan fingerprint density at radius 1 is 1.37 bits per heavy atom. The third-order valence-corrected chi connectivity index (χ3v) is 2.97. The van der Waals surface area contributed by atoms with Crippen molar-refractivity contribution >= 4 is 33.8 Å². The standard InChI is InChI=1S/C12H12N6O/c1-6-16-10-11(18(6)5-8(13)19)9-7(17-12(10)14)3-2-4-15-9/h2-4H,5H2,1H3,(H2,13,19)(H2,14,17). The van der Waals surface area contributed by atoms with E-state index in [1.807, 2.05) is 6.07 Å². The van der Waals surface area contributed by atoms with Crippen molar-refractivity contribution in [3.63, 3.8) is 0 Å². The number of primary amides is 1. The fraction of sp³-hybridized carbons (Fsp3) is 0.167. The minimum atomic E-state index is -0.443. The number of amides is 1. The van der Waals surface area contributed by atoms with Crippen molar-refractivity contribution in [2.24, 2.45) is 5.73 Å². The van der Waals surface area contributed by atoms with Crippen molar-refractivity contribution in [3.05, 3.63) is 24.2 Å². The van der Waals surface area contributed by atoms with E-state index in [4.69, 9.17) is 11.5 Å². The number of hydrogen-bond acceptors (Lipinski definition) is 5. The maximum atomic E-state index is 11.2. The van der Waals surface area contributed by atoms with Crippen LogP contribution in [0.25, 0.3) is 22.1 Å². The average molecular weight is 256 g/mol. The van der Waals surface area contributed by atoms with Crippen LogP contribution in [0.2, 0.25) is 0 Å². The number of hydrogen-bond donors (Lipinski definition) is 2. The average Bonchev–Trinajstić information content (AvgIpc) is 2.68. The molecular formula is C12H12N6O. The van der Waals surface area contributed by atoms with E-state index in [0.717, 1.165) is 0 Å². The molecule has 0 radical (unpaired) electrons. The van der Waals surface area contributed by atoms with Crippen molar-refractivity contribution in [2.75, 3.05) is 5.73 Å². The van der Waals surface area contributed by atoms with Crippen LogP contribution in [-0.2, 0) is 11.3 Å². The number of carbonyl (C=O) groups is 1. The van der Waals surface area contributed by atoms with Crippen LogP contribution in [0.3, 0.4) is 0 Å². The Hall–Kier alpha value is -2.70. The summed E-state index contributed by atoms with van der Waals surface area (Å²) in [4.78, 5) is 24.1. The summed E-state index contributed by atoms with van der Waals surface area (Å²) in [6.07, 6.45) is 1.66. The lowest BCUT2D eigenvalue weighted by molar-refractivity contribution is -0.118. The van der Waals surface area contributed by atoms with Gasteiger partial charge in [0, 0.05) is 6.20 Å².